The largest absolute Gasteiger partial charge is 0.495 e. The van der Waals surface area contributed by atoms with Crippen molar-refractivity contribution in [2.24, 2.45) is 5.92 Å². The van der Waals surface area contributed by atoms with E-state index in [1.165, 1.54) is 12.7 Å². The van der Waals surface area contributed by atoms with Gasteiger partial charge in [-0.2, -0.15) is 0 Å². The summed E-state index contributed by atoms with van der Waals surface area (Å²) in [6.45, 7) is 9.43. The molecule has 1 aliphatic carbocycles. The first-order valence-corrected chi connectivity index (χ1v) is 10.6. The minimum atomic E-state index is -0.587. The molecule has 1 unspecified atom stereocenters. The van der Waals surface area contributed by atoms with E-state index < -0.39 is 11.7 Å². The molecule has 31 heavy (non-hydrogen) atoms. The number of carbonyl (C=O) groups is 2. The average molecular weight is 434 g/mol. The lowest BCUT2D eigenvalue weighted by Crippen LogP contribution is -2.46. The lowest BCUT2D eigenvalue weighted by Gasteiger charge is -2.28. The molecule has 1 aliphatic rings. The van der Waals surface area contributed by atoms with E-state index in [2.05, 4.69) is 16.0 Å². The monoisotopic (exact) mass is 433 g/mol. The quantitative estimate of drug-likeness (QED) is 0.476. The standard InChI is InChI=1S/C23H35N3O5/c1-14(2)20(26-22(29)31-23(3,4)5)21(16-8-9-16)24-12-19(28)25-17-10-7-15(13-27)11-18(17)30-6/h7,10-11,14,20,24,27H,8-9,12-13H2,1-6H3,(H,25,28)(H,26,29). The van der Waals surface area contributed by atoms with Gasteiger partial charge in [-0.15, -0.1) is 0 Å². The van der Waals surface area contributed by atoms with E-state index in [1.807, 2.05) is 34.6 Å². The van der Waals surface area contributed by atoms with Crippen LogP contribution in [0.4, 0.5) is 10.5 Å². The summed E-state index contributed by atoms with van der Waals surface area (Å²) in [6.07, 6.45) is 1.41. The molecule has 2 rings (SSSR count). The Kier molecular flexibility index (Phi) is 8.33. The van der Waals surface area contributed by atoms with Crippen LogP contribution in [0.2, 0.25) is 0 Å². The van der Waals surface area contributed by atoms with Crippen molar-refractivity contribution in [1.82, 2.24) is 10.6 Å². The average Bonchev–Trinajstić information content (AvgIpc) is 3.51. The third-order valence-electron chi connectivity index (χ3n) is 4.69. The lowest BCUT2D eigenvalue weighted by molar-refractivity contribution is -0.115. The molecule has 1 aromatic rings. The van der Waals surface area contributed by atoms with E-state index in [0.717, 1.165) is 18.5 Å². The molecule has 0 saturated heterocycles. The maximum Gasteiger partial charge on any atom is 0.408 e. The molecule has 0 heterocycles. The van der Waals surface area contributed by atoms with Gasteiger partial charge in [-0.1, -0.05) is 19.9 Å². The highest BCUT2D eigenvalue weighted by atomic mass is 16.6. The van der Waals surface area contributed by atoms with Crippen molar-refractivity contribution >= 4 is 17.7 Å². The summed E-state index contributed by atoms with van der Waals surface area (Å²) in [7, 11) is 1.51. The number of allylic oxidation sites excluding steroid dienone is 1. The molecule has 1 aromatic carbocycles. The number of carbonyl (C=O) groups excluding carboxylic acids is 2. The van der Waals surface area contributed by atoms with Gasteiger partial charge in [0.2, 0.25) is 5.91 Å². The number of methoxy groups -OCH3 is 1. The molecule has 0 aromatic heterocycles. The van der Waals surface area contributed by atoms with Crippen LogP contribution >= 0.6 is 0 Å². The van der Waals surface area contributed by atoms with Crippen LogP contribution in [-0.2, 0) is 16.1 Å². The normalized spacial score (nSPS) is 14.0. The SMILES string of the molecule is COc1cc(CO)ccc1NC(=O)CNC(=C1CC1)C(NC(=O)OC(C)(C)C)C(C)C. The van der Waals surface area contributed by atoms with Crippen LogP contribution in [0.5, 0.6) is 5.75 Å². The highest BCUT2D eigenvalue weighted by Gasteiger charge is 2.29. The molecule has 1 atom stereocenters. The smallest absolute Gasteiger partial charge is 0.408 e. The highest BCUT2D eigenvalue weighted by Crippen LogP contribution is 2.33. The Labute approximate surface area is 184 Å². The molecule has 0 spiro atoms. The van der Waals surface area contributed by atoms with Gasteiger partial charge in [-0.3, -0.25) is 4.79 Å². The minimum absolute atomic E-state index is 0.0446. The Morgan fingerprint density at radius 1 is 1.19 bits per heavy atom. The molecular formula is C23H35N3O5. The fourth-order valence-electron chi connectivity index (χ4n) is 3.10. The lowest BCUT2D eigenvalue weighted by atomic mass is 10.00. The van der Waals surface area contributed by atoms with Gasteiger partial charge in [0.15, 0.2) is 0 Å². The number of aliphatic hydroxyl groups is 1. The van der Waals surface area contributed by atoms with Crippen LogP contribution in [0.3, 0.4) is 0 Å². The first-order chi connectivity index (χ1) is 14.5. The Hall–Kier alpha value is -2.74. The predicted octanol–water partition coefficient (Wildman–Crippen LogP) is 3.31. The molecule has 172 valence electrons. The third kappa shape index (κ3) is 7.79. The zero-order valence-electron chi connectivity index (χ0n) is 19.3. The summed E-state index contributed by atoms with van der Waals surface area (Å²) in [6, 6.07) is 4.82. The van der Waals surface area contributed by atoms with Crippen molar-refractivity contribution in [3.8, 4) is 5.75 Å². The van der Waals surface area contributed by atoms with Crippen LogP contribution in [0.25, 0.3) is 0 Å². The molecule has 2 amide bonds. The summed E-state index contributed by atoms with van der Waals surface area (Å²) >= 11 is 0. The number of rotatable bonds is 9. The van der Waals surface area contributed by atoms with E-state index >= 15 is 0 Å². The number of hydrogen-bond donors (Lipinski definition) is 4. The second kappa shape index (κ2) is 10.5. The van der Waals surface area contributed by atoms with Crippen molar-refractivity contribution in [2.75, 3.05) is 19.0 Å². The van der Waals surface area contributed by atoms with Gasteiger partial charge in [0.05, 0.1) is 32.0 Å². The summed E-state index contributed by atoms with van der Waals surface area (Å²) in [5, 5.41) is 18.3. The van der Waals surface area contributed by atoms with E-state index in [1.54, 1.807) is 18.2 Å². The van der Waals surface area contributed by atoms with E-state index in [4.69, 9.17) is 9.47 Å². The Morgan fingerprint density at radius 2 is 1.87 bits per heavy atom. The van der Waals surface area contributed by atoms with Gasteiger partial charge in [-0.05, 0) is 62.8 Å². The van der Waals surface area contributed by atoms with E-state index in [0.29, 0.717) is 17.0 Å². The van der Waals surface area contributed by atoms with Crippen LogP contribution in [-0.4, -0.2) is 42.4 Å². The first-order valence-electron chi connectivity index (χ1n) is 10.6. The minimum Gasteiger partial charge on any atom is -0.495 e. The topological polar surface area (TPSA) is 109 Å². The van der Waals surface area contributed by atoms with Crippen LogP contribution in [0.1, 0.15) is 53.0 Å². The number of anilines is 1. The number of ether oxygens (including phenoxy) is 2. The number of nitrogens with one attached hydrogen (secondary N) is 3. The molecule has 0 radical (unpaired) electrons. The second-order valence-corrected chi connectivity index (χ2v) is 8.98. The molecule has 4 N–H and O–H groups in total. The Morgan fingerprint density at radius 3 is 2.39 bits per heavy atom. The number of hydrogen-bond acceptors (Lipinski definition) is 6. The zero-order valence-corrected chi connectivity index (χ0v) is 19.3. The van der Waals surface area contributed by atoms with Crippen LogP contribution in [0.15, 0.2) is 29.5 Å². The van der Waals surface area contributed by atoms with Gasteiger partial charge in [0.1, 0.15) is 11.4 Å². The van der Waals surface area contributed by atoms with Gasteiger partial charge < -0.3 is 30.5 Å². The molecule has 1 fully saturated rings. The highest BCUT2D eigenvalue weighted by molar-refractivity contribution is 5.93. The molecule has 8 nitrogen and oxygen atoms in total. The van der Waals surface area contributed by atoms with Crippen LogP contribution in [0, 0.1) is 5.92 Å². The number of alkyl carbamates (subject to hydrolysis) is 1. The first kappa shape index (κ1) is 24.5. The molecule has 0 bridgehead atoms. The maximum atomic E-state index is 12.6. The van der Waals surface area contributed by atoms with Crippen molar-refractivity contribution < 1.29 is 24.2 Å². The zero-order chi connectivity index (χ0) is 23.2. The molecule has 1 saturated carbocycles. The van der Waals surface area contributed by atoms with E-state index in [9.17, 15) is 14.7 Å². The molecular weight excluding hydrogens is 398 g/mol. The fraction of sp³-hybridized carbons (Fsp3) is 0.565. The van der Waals surface area contributed by atoms with Gasteiger partial charge in [0.25, 0.3) is 0 Å². The molecule has 0 aliphatic heterocycles. The number of benzene rings is 1. The van der Waals surface area contributed by atoms with Crippen molar-refractivity contribution in [3.05, 3.63) is 35.0 Å². The van der Waals surface area contributed by atoms with Gasteiger partial charge >= 0.3 is 6.09 Å². The van der Waals surface area contributed by atoms with Gasteiger partial charge in [0, 0.05) is 5.70 Å². The Bertz CT molecular complexity index is 821. The van der Waals surface area contributed by atoms with Crippen molar-refractivity contribution in [1.29, 1.82) is 0 Å². The predicted molar refractivity (Wildman–Crippen MR) is 120 cm³/mol. The third-order valence-corrected chi connectivity index (χ3v) is 4.69. The molecule has 8 heteroatoms. The number of aliphatic hydroxyl groups excluding tert-OH is 1. The summed E-state index contributed by atoms with van der Waals surface area (Å²) < 4.78 is 10.7. The summed E-state index contributed by atoms with van der Waals surface area (Å²) in [5.74, 6) is 0.346. The fourth-order valence-corrected chi connectivity index (χ4v) is 3.10. The second-order valence-electron chi connectivity index (χ2n) is 8.98. The summed E-state index contributed by atoms with van der Waals surface area (Å²) in [4.78, 5) is 24.9. The van der Waals surface area contributed by atoms with Crippen molar-refractivity contribution in [2.45, 2.75) is 65.7 Å². The van der Waals surface area contributed by atoms with Crippen LogP contribution < -0.4 is 20.7 Å². The Balaban J connectivity index is 2.04. The van der Waals surface area contributed by atoms with Gasteiger partial charge in [-0.25, -0.2) is 4.79 Å². The maximum absolute atomic E-state index is 12.6. The van der Waals surface area contributed by atoms with Crippen molar-refractivity contribution in [3.63, 3.8) is 0 Å². The summed E-state index contributed by atoms with van der Waals surface area (Å²) in [5.41, 5.74) is 2.71. The number of amides is 2. The van der Waals surface area contributed by atoms with E-state index in [-0.39, 0.29) is 31.0 Å².